The molecule has 0 radical (unpaired) electrons. The second-order valence-electron chi connectivity index (χ2n) is 7.25. The molecule has 2 heterocycles. The molecule has 0 aliphatic carbocycles. The van der Waals surface area contributed by atoms with Gasteiger partial charge in [-0.2, -0.15) is 0 Å². The van der Waals surface area contributed by atoms with E-state index in [1.54, 1.807) is 12.1 Å². The fourth-order valence-corrected chi connectivity index (χ4v) is 4.84. The molecule has 1 fully saturated rings. The molecule has 0 saturated carbocycles. The summed E-state index contributed by atoms with van der Waals surface area (Å²) in [6, 6.07) is 13.3. The van der Waals surface area contributed by atoms with Gasteiger partial charge in [0.05, 0.1) is 17.7 Å². The zero-order valence-electron chi connectivity index (χ0n) is 17.2. The second kappa shape index (κ2) is 8.21. The molecular weight excluding hydrogens is 434 g/mol. The Bertz CT molecular complexity index is 1220. The average molecular weight is 454 g/mol. The van der Waals surface area contributed by atoms with Crippen LogP contribution in [0.1, 0.15) is 27.6 Å². The number of methoxy groups -OCH3 is 1. The molecule has 0 spiro atoms. The van der Waals surface area contributed by atoms with Crippen molar-refractivity contribution in [3.05, 3.63) is 86.1 Å². The van der Waals surface area contributed by atoms with Crippen molar-refractivity contribution in [2.24, 2.45) is 0 Å². The minimum Gasteiger partial charge on any atom is -0.507 e. The molecular formula is C24H20ClNO4S. The largest absolute Gasteiger partial charge is 0.507 e. The number of carbonyl (C=O) groups is 2. The quantitative estimate of drug-likeness (QED) is 0.315. The van der Waals surface area contributed by atoms with Gasteiger partial charge in [0, 0.05) is 16.1 Å². The van der Waals surface area contributed by atoms with Crippen LogP contribution in [0.15, 0.2) is 59.5 Å². The number of halogens is 1. The minimum absolute atomic E-state index is 0.0367. The first-order chi connectivity index (χ1) is 14.8. The summed E-state index contributed by atoms with van der Waals surface area (Å²) in [5.74, 6) is -1.23. The summed E-state index contributed by atoms with van der Waals surface area (Å²) in [7, 11) is 1.49. The summed E-state index contributed by atoms with van der Waals surface area (Å²) in [5, 5.41) is 13.3. The van der Waals surface area contributed by atoms with Gasteiger partial charge in [0.25, 0.3) is 11.7 Å². The van der Waals surface area contributed by atoms with E-state index in [-0.39, 0.29) is 11.3 Å². The number of carbonyl (C=O) groups excluding carboxylic acids is 2. The number of rotatable bonds is 4. The second-order valence-corrected chi connectivity index (χ2v) is 8.64. The predicted octanol–water partition coefficient (Wildman–Crippen LogP) is 5.65. The third-order valence-electron chi connectivity index (χ3n) is 5.52. The molecule has 1 unspecified atom stereocenters. The van der Waals surface area contributed by atoms with Crippen LogP contribution in [-0.4, -0.2) is 23.9 Å². The van der Waals surface area contributed by atoms with Gasteiger partial charge in [-0.3, -0.25) is 14.5 Å². The molecule has 7 heteroatoms. The van der Waals surface area contributed by atoms with Gasteiger partial charge in [-0.15, -0.1) is 11.3 Å². The van der Waals surface area contributed by atoms with Gasteiger partial charge in [0.1, 0.15) is 17.6 Å². The highest BCUT2D eigenvalue weighted by atomic mass is 35.5. The Morgan fingerprint density at radius 3 is 2.55 bits per heavy atom. The summed E-state index contributed by atoms with van der Waals surface area (Å²) < 4.78 is 5.17. The Labute approximate surface area is 189 Å². The number of ketones is 1. The third kappa shape index (κ3) is 3.52. The molecule has 1 amide bonds. The van der Waals surface area contributed by atoms with Crippen molar-refractivity contribution in [1.29, 1.82) is 0 Å². The number of benzene rings is 2. The van der Waals surface area contributed by atoms with Crippen LogP contribution in [0.3, 0.4) is 0 Å². The monoisotopic (exact) mass is 453 g/mol. The summed E-state index contributed by atoms with van der Waals surface area (Å²) in [5.41, 5.74) is 2.93. The lowest BCUT2D eigenvalue weighted by molar-refractivity contribution is -0.132. The van der Waals surface area contributed by atoms with E-state index >= 15 is 0 Å². The number of ether oxygens (including phenoxy) is 1. The van der Waals surface area contributed by atoms with Crippen molar-refractivity contribution in [1.82, 2.24) is 0 Å². The number of thiophene rings is 1. The topological polar surface area (TPSA) is 66.8 Å². The summed E-state index contributed by atoms with van der Waals surface area (Å²) in [4.78, 5) is 28.6. The number of hydrogen-bond donors (Lipinski definition) is 1. The van der Waals surface area contributed by atoms with Crippen LogP contribution < -0.4 is 9.64 Å². The van der Waals surface area contributed by atoms with Gasteiger partial charge >= 0.3 is 0 Å². The van der Waals surface area contributed by atoms with Crippen molar-refractivity contribution in [3.8, 4) is 5.75 Å². The standard InChI is InChI=1S/C24H20ClNO4S/c1-13-6-4-7-17(14(13)2)26-21(19-8-5-11-31-19)20(23(28)24(26)29)22(27)15-9-10-18(30-3)16(25)12-15/h4-12,21,27H,1-3H3/b22-20-. The van der Waals surface area contributed by atoms with Crippen LogP contribution in [0, 0.1) is 13.8 Å². The number of Topliss-reactive ketones (excluding diaryl/α,β-unsaturated/α-hetero) is 1. The number of nitrogens with zero attached hydrogens (tertiary/aromatic N) is 1. The Balaban J connectivity index is 1.94. The highest BCUT2D eigenvalue weighted by molar-refractivity contribution is 7.10. The lowest BCUT2D eigenvalue weighted by atomic mass is 9.99. The van der Waals surface area contributed by atoms with Gasteiger partial charge in [-0.05, 0) is 60.7 Å². The lowest BCUT2D eigenvalue weighted by Crippen LogP contribution is -2.29. The first-order valence-corrected chi connectivity index (χ1v) is 10.9. The van der Waals surface area contributed by atoms with Gasteiger partial charge in [0.2, 0.25) is 0 Å². The maximum Gasteiger partial charge on any atom is 0.300 e. The Morgan fingerprint density at radius 2 is 1.90 bits per heavy atom. The molecule has 31 heavy (non-hydrogen) atoms. The van der Waals surface area contributed by atoms with Crippen molar-refractivity contribution >= 4 is 46.1 Å². The number of aliphatic hydroxyl groups is 1. The molecule has 1 saturated heterocycles. The normalized spacial score (nSPS) is 17.9. The number of anilines is 1. The van der Waals surface area contributed by atoms with E-state index in [2.05, 4.69) is 0 Å². The highest BCUT2D eigenvalue weighted by Crippen LogP contribution is 2.45. The molecule has 2 aromatic carbocycles. The van der Waals surface area contributed by atoms with Crippen LogP contribution in [0.5, 0.6) is 5.75 Å². The van der Waals surface area contributed by atoms with E-state index in [1.807, 2.05) is 49.6 Å². The van der Waals surface area contributed by atoms with Crippen LogP contribution in [-0.2, 0) is 9.59 Å². The lowest BCUT2D eigenvalue weighted by Gasteiger charge is -2.26. The Morgan fingerprint density at radius 1 is 1.13 bits per heavy atom. The molecule has 158 valence electrons. The van der Waals surface area contributed by atoms with E-state index in [4.69, 9.17) is 16.3 Å². The molecule has 1 atom stereocenters. The number of aryl methyl sites for hydroxylation is 1. The molecule has 0 bridgehead atoms. The van der Waals surface area contributed by atoms with Crippen LogP contribution >= 0.6 is 22.9 Å². The van der Waals surface area contributed by atoms with E-state index in [1.165, 1.54) is 29.4 Å². The zero-order chi connectivity index (χ0) is 22.3. The third-order valence-corrected chi connectivity index (χ3v) is 6.74. The maximum absolute atomic E-state index is 13.2. The summed E-state index contributed by atoms with van der Waals surface area (Å²) in [6.45, 7) is 3.87. The van der Waals surface area contributed by atoms with E-state index in [0.29, 0.717) is 22.0 Å². The predicted molar refractivity (Wildman–Crippen MR) is 123 cm³/mol. The molecule has 1 aliphatic rings. The van der Waals surface area contributed by atoms with Crippen molar-refractivity contribution < 1.29 is 19.4 Å². The highest BCUT2D eigenvalue weighted by Gasteiger charge is 2.47. The number of hydrogen-bond acceptors (Lipinski definition) is 5. The SMILES string of the molecule is COc1ccc(/C(O)=C2/C(=O)C(=O)N(c3cccc(C)c3C)C2c2cccs2)cc1Cl. The molecule has 1 aliphatic heterocycles. The molecule has 5 nitrogen and oxygen atoms in total. The van der Waals surface area contributed by atoms with Gasteiger partial charge < -0.3 is 9.84 Å². The van der Waals surface area contributed by atoms with Crippen LogP contribution in [0.4, 0.5) is 5.69 Å². The number of aliphatic hydroxyl groups excluding tert-OH is 1. The van der Waals surface area contributed by atoms with E-state index in [9.17, 15) is 14.7 Å². The Hall–Kier alpha value is -3.09. The maximum atomic E-state index is 13.2. The zero-order valence-corrected chi connectivity index (χ0v) is 18.8. The Kier molecular flexibility index (Phi) is 5.60. The minimum atomic E-state index is -0.735. The first kappa shape index (κ1) is 21.2. The average Bonchev–Trinajstić information content (AvgIpc) is 3.37. The van der Waals surface area contributed by atoms with Crippen molar-refractivity contribution in [3.63, 3.8) is 0 Å². The van der Waals surface area contributed by atoms with Gasteiger partial charge in [0.15, 0.2) is 0 Å². The molecule has 1 aromatic heterocycles. The smallest absolute Gasteiger partial charge is 0.300 e. The van der Waals surface area contributed by atoms with Crippen molar-refractivity contribution in [2.75, 3.05) is 12.0 Å². The fourth-order valence-electron chi connectivity index (χ4n) is 3.76. The van der Waals surface area contributed by atoms with E-state index in [0.717, 1.165) is 16.0 Å². The fraction of sp³-hybridized carbons (Fsp3) is 0.167. The van der Waals surface area contributed by atoms with Gasteiger partial charge in [-0.25, -0.2) is 0 Å². The molecule has 4 rings (SSSR count). The van der Waals surface area contributed by atoms with Crippen LogP contribution in [0.25, 0.3) is 5.76 Å². The van der Waals surface area contributed by atoms with Crippen LogP contribution in [0.2, 0.25) is 5.02 Å². The molecule has 1 N–H and O–H groups in total. The van der Waals surface area contributed by atoms with E-state index < -0.39 is 17.7 Å². The summed E-state index contributed by atoms with van der Waals surface area (Å²) >= 11 is 7.65. The van der Waals surface area contributed by atoms with Gasteiger partial charge in [-0.1, -0.05) is 29.8 Å². The first-order valence-electron chi connectivity index (χ1n) is 9.59. The number of amides is 1. The van der Waals surface area contributed by atoms with Crippen molar-refractivity contribution in [2.45, 2.75) is 19.9 Å². The molecule has 3 aromatic rings. The summed E-state index contributed by atoms with van der Waals surface area (Å²) in [6.07, 6.45) is 0.